The number of thiophene rings is 1. The number of guanidine groups is 1. The average Bonchev–Trinajstić information content (AvgIpc) is 3.08. The van der Waals surface area contributed by atoms with Crippen LogP contribution < -0.4 is 10.0 Å². The molecule has 1 atom stereocenters. The van der Waals surface area contributed by atoms with Crippen LogP contribution in [0.2, 0.25) is 0 Å². The van der Waals surface area contributed by atoms with Gasteiger partial charge in [-0.2, -0.15) is 13.2 Å². The molecule has 1 aromatic heterocycles. The molecule has 2 rings (SSSR count). The molecule has 0 saturated carbocycles. The number of nitrogens with zero attached hydrogens (tertiary/aromatic N) is 3. The predicted molar refractivity (Wildman–Crippen MR) is 104 cm³/mol. The number of alkyl halides is 3. The third-order valence-electron chi connectivity index (χ3n) is 4.53. The number of rotatable bonds is 6. The maximum atomic E-state index is 12.8. The van der Waals surface area contributed by atoms with E-state index in [4.69, 9.17) is 0 Å². The maximum Gasteiger partial charge on any atom is 0.403 e. The number of halogens is 3. The number of sulfonamides is 1. The largest absolute Gasteiger partial charge is 0.403 e. The Kier molecular flexibility index (Phi) is 7.71. The van der Waals surface area contributed by atoms with Gasteiger partial charge in [-0.05, 0) is 26.0 Å². The second kappa shape index (κ2) is 9.42. The van der Waals surface area contributed by atoms with Crippen molar-refractivity contribution in [3.8, 4) is 0 Å². The van der Waals surface area contributed by atoms with E-state index in [2.05, 4.69) is 15.0 Å². The average molecular weight is 442 g/mol. The van der Waals surface area contributed by atoms with E-state index >= 15 is 0 Å². The molecule has 1 unspecified atom stereocenters. The van der Waals surface area contributed by atoms with Gasteiger partial charge in [-0.3, -0.25) is 9.89 Å². The number of nitrogens with one attached hydrogen (secondary N) is 2. The maximum absolute atomic E-state index is 12.8. The van der Waals surface area contributed by atoms with Crippen molar-refractivity contribution in [2.75, 3.05) is 46.3 Å². The topological polar surface area (TPSA) is 77.0 Å². The van der Waals surface area contributed by atoms with Crippen molar-refractivity contribution in [2.45, 2.75) is 30.3 Å². The molecule has 2 heterocycles. The monoisotopic (exact) mass is 441 g/mol. The van der Waals surface area contributed by atoms with E-state index in [1.165, 1.54) is 23.2 Å². The van der Waals surface area contributed by atoms with Gasteiger partial charge in [0.25, 0.3) is 0 Å². The zero-order valence-electron chi connectivity index (χ0n) is 16.1. The molecular formula is C16H26F3N5O2S2. The molecule has 0 spiro atoms. The number of hydrogen-bond donors (Lipinski definition) is 2. The zero-order valence-corrected chi connectivity index (χ0v) is 17.7. The molecule has 1 fully saturated rings. The van der Waals surface area contributed by atoms with Crippen LogP contribution in [-0.4, -0.2) is 82.7 Å². The molecule has 12 heteroatoms. The highest BCUT2D eigenvalue weighted by Crippen LogP contribution is 2.25. The van der Waals surface area contributed by atoms with Crippen LogP contribution in [-0.2, 0) is 10.0 Å². The Morgan fingerprint density at radius 2 is 1.89 bits per heavy atom. The fourth-order valence-corrected chi connectivity index (χ4v) is 5.21. The lowest BCUT2D eigenvalue weighted by Crippen LogP contribution is -2.57. The lowest BCUT2D eigenvalue weighted by Gasteiger charge is -2.39. The summed E-state index contributed by atoms with van der Waals surface area (Å²) in [5, 5.41) is 3.05. The van der Waals surface area contributed by atoms with E-state index < -0.39 is 22.2 Å². The van der Waals surface area contributed by atoms with E-state index in [0.717, 1.165) is 4.88 Å². The Morgan fingerprint density at radius 1 is 1.25 bits per heavy atom. The normalized spacial score (nSPS) is 18.4. The van der Waals surface area contributed by atoms with Crippen molar-refractivity contribution in [3.05, 3.63) is 17.0 Å². The summed E-state index contributed by atoms with van der Waals surface area (Å²) in [6.45, 7) is 4.89. The quantitative estimate of drug-likeness (QED) is 0.397. The molecule has 0 amide bonds. The molecule has 7 nitrogen and oxygen atoms in total. The Labute approximate surface area is 167 Å². The molecule has 0 bridgehead atoms. The molecule has 160 valence electrons. The summed E-state index contributed by atoms with van der Waals surface area (Å²) < 4.78 is 65.6. The van der Waals surface area contributed by atoms with Gasteiger partial charge in [-0.25, -0.2) is 13.1 Å². The zero-order chi connectivity index (χ0) is 20.9. The molecule has 2 N–H and O–H groups in total. The van der Waals surface area contributed by atoms with E-state index in [1.54, 1.807) is 19.2 Å². The Bertz CT molecular complexity index is 771. The minimum atomic E-state index is -4.24. The van der Waals surface area contributed by atoms with Crippen molar-refractivity contribution in [1.82, 2.24) is 19.8 Å². The molecule has 0 radical (unpaired) electrons. The lowest BCUT2D eigenvalue weighted by atomic mass is 10.2. The molecule has 1 aliphatic heterocycles. The molecule has 1 saturated heterocycles. The second-order valence-corrected chi connectivity index (χ2v) is 9.76. The first-order valence-corrected chi connectivity index (χ1v) is 11.2. The van der Waals surface area contributed by atoms with Crippen LogP contribution >= 0.6 is 11.3 Å². The Hall–Kier alpha value is -1.37. The smallest absolute Gasteiger partial charge is 0.355 e. The van der Waals surface area contributed by atoms with E-state index in [-0.39, 0.29) is 23.8 Å². The first kappa shape index (κ1) is 22.9. The summed E-state index contributed by atoms with van der Waals surface area (Å²) in [7, 11) is -1.95. The predicted octanol–water partition coefficient (Wildman–Crippen LogP) is 1.48. The molecule has 0 aromatic carbocycles. The fourth-order valence-electron chi connectivity index (χ4n) is 2.85. The molecule has 28 heavy (non-hydrogen) atoms. The van der Waals surface area contributed by atoms with Gasteiger partial charge in [0.1, 0.15) is 10.3 Å². The van der Waals surface area contributed by atoms with Crippen molar-refractivity contribution in [3.63, 3.8) is 0 Å². The molecule has 1 aliphatic rings. The number of aliphatic imine (C=N–C) groups is 1. The standard InChI is InChI=1S/C16H26F3N5O2S2/c1-12-4-5-14(27-12)28(25,26)22-7-6-21-15(20-3)24-10-8-23(9-11-24)13(2)16(17,18)19/h4-5,13,22H,6-11H2,1-3H3,(H,20,21). The minimum Gasteiger partial charge on any atom is -0.355 e. The molecule has 1 aromatic rings. The van der Waals surface area contributed by atoms with Crippen LogP contribution in [0, 0.1) is 6.92 Å². The van der Waals surface area contributed by atoms with Gasteiger partial charge in [0.05, 0.1) is 0 Å². The summed E-state index contributed by atoms with van der Waals surface area (Å²) >= 11 is 1.20. The van der Waals surface area contributed by atoms with Gasteiger partial charge in [0.2, 0.25) is 10.0 Å². The summed E-state index contributed by atoms with van der Waals surface area (Å²) in [4.78, 5) is 8.33. The van der Waals surface area contributed by atoms with Gasteiger partial charge < -0.3 is 10.2 Å². The van der Waals surface area contributed by atoms with Gasteiger partial charge >= 0.3 is 6.18 Å². The number of aryl methyl sites for hydroxylation is 1. The van der Waals surface area contributed by atoms with E-state index in [9.17, 15) is 21.6 Å². The van der Waals surface area contributed by atoms with Gasteiger partial charge in [-0.15, -0.1) is 11.3 Å². The van der Waals surface area contributed by atoms with Crippen molar-refractivity contribution in [1.29, 1.82) is 0 Å². The van der Waals surface area contributed by atoms with Crippen LogP contribution in [0.15, 0.2) is 21.3 Å². The highest BCUT2D eigenvalue weighted by Gasteiger charge is 2.41. The van der Waals surface area contributed by atoms with Crippen LogP contribution in [0.4, 0.5) is 13.2 Å². The van der Waals surface area contributed by atoms with Crippen LogP contribution in [0.3, 0.4) is 0 Å². The highest BCUT2D eigenvalue weighted by molar-refractivity contribution is 7.91. The Balaban J connectivity index is 1.78. The number of piperazine rings is 1. The van der Waals surface area contributed by atoms with Crippen molar-refractivity contribution in [2.24, 2.45) is 4.99 Å². The summed E-state index contributed by atoms with van der Waals surface area (Å²) in [6.07, 6.45) is -4.24. The summed E-state index contributed by atoms with van der Waals surface area (Å²) in [5.74, 6) is 0.547. The first-order valence-electron chi connectivity index (χ1n) is 8.87. The highest BCUT2D eigenvalue weighted by atomic mass is 32.2. The lowest BCUT2D eigenvalue weighted by molar-refractivity contribution is -0.181. The van der Waals surface area contributed by atoms with Crippen LogP contribution in [0.5, 0.6) is 0 Å². The fraction of sp³-hybridized carbons (Fsp3) is 0.688. The van der Waals surface area contributed by atoms with E-state index in [0.29, 0.717) is 25.6 Å². The van der Waals surface area contributed by atoms with Gasteiger partial charge in [0, 0.05) is 51.2 Å². The minimum absolute atomic E-state index is 0.170. The van der Waals surface area contributed by atoms with Gasteiger partial charge in [0.15, 0.2) is 5.96 Å². The van der Waals surface area contributed by atoms with E-state index in [1.807, 2.05) is 11.8 Å². The summed E-state index contributed by atoms with van der Waals surface area (Å²) in [5.41, 5.74) is 0. The van der Waals surface area contributed by atoms with Crippen molar-refractivity contribution >= 4 is 27.3 Å². The SMILES string of the molecule is CN=C(NCCNS(=O)(=O)c1ccc(C)s1)N1CCN(C(C)C(F)(F)F)CC1. The number of hydrogen-bond acceptors (Lipinski definition) is 5. The van der Waals surface area contributed by atoms with Crippen molar-refractivity contribution < 1.29 is 21.6 Å². The molecule has 0 aliphatic carbocycles. The van der Waals surface area contributed by atoms with Gasteiger partial charge in [-0.1, -0.05) is 0 Å². The third kappa shape index (κ3) is 6.06. The van der Waals surface area contributed by atoms with Crippen LogP contribution in [0.1, 0.15) is 11.8 Å². The first-order chi connectivity index (χ1) is 13.0. The second-order valence-electron chi connectivity index (χ2n) is 6.48. The third-order valence-corrected chi connectivity index (χ3v) is 7.48. The Morgan fingerprint density at radius 3 is 2.39 bits per heavy atom. The molecular weight excluding hydrogens is 415 g/mol. The summed E-state index contributed by atoms with van der Waals surface area (Å²) in [6, 6.07) is 1.84. The van der Waals surface area contributed by atoms with Crippen LogP contribution in [0.25, 0.3) is 0 Å².